The van der Waals surface area contributed by atoms with Crippen molar-refractivity contribution in [3.05, 3.63) is 45.8 Å². The summed E-state index contributed by atoms with van der Waals surface area (Å²) in [5.41, 5.74) is -0.0792. The Morgan fingerprint density at radius 1 is 1.50 bits per heavy atom. The molecule has 3 heterocycles. The number of carbonyl (C=O) groups excluding carboxylic acids is 1. The third-order valence-electron chi connectivity index (χ3n) is 3.17. The van der Waals surface area contributed by atoms with Crippen LogP contribution in [-0.4, -0.2) is 39.6 Å². The summed E-state index contributed by atoms with van der Waals surface area (Å²) in [4.78, 5) is 29.7. The van der Waals surface area contributed by atoms with Gasteiger partial charge in [-0.05, 0) is 12.1 Å². The number of amides is 1. The minimum atomic E-state index is -0.276. The van der Waals surface area contributed by atoms with Crippen LogP contribution in [0.4, 0.5) is 0 Å². The number of hydrogen-bond donors (Lipinski definition) is 0. The molecule has 1 aliphatic rings. The van der Waals surface area contributed by atoms with Crippen LogP contribution in [0.1, 0.15) is 10.4 Å². The number of hydrogen-bond acceptors (Lipinski definition) is 5. The Hall–Kier alpha value is -2.15. The van der Waals surface area contributed by atoms with Crippen molar-refractivity contribution in [2.75, 3.05) is 13.1 Å². The molecule has 1 amide bonds. The van der Waals surface area contributed by atoms with Crippen LogP contribution in [-0.2, 0) is 7.05 Å². The van der Waals surface area contributed by atoms with Crippen molar-refractivity contribution in [1.29, 1.82) is 0 Å². The van der Waals surface area contributed by atoms with E-state index in [1.165, 1.54) is 15.9 Å². The number of ether oxygens (including phenoxy) is 1. The van der Waals surface area contributed by atoms with Crippen LogP contribution in [0.5, 0.6) is 5.19 Å². The molecule has 3 rings (SSSR count). The highest BCUT2D eigenvalue weighted by Crippen LogP contribution is 2.20. The maximum atomic E-state index is 12.2. The zero-order chi connectivity index (χ0) is 14.1. The van der Waals surface area contributed by atoms with Crippen molar-refractivity contribution in [2.24, 2.45) is 7.05 Å². The van der Waals surface area contributed by atoms with Gasteiger partial charge in [0.25, 0.3) is 16.7 Å². The summed E-state index contributed by atoms with van der Waals surface area (Å²) < 4.78 is 6.99. The summed E-state index contributed by atoms with van der Waals surface area (Å²) in [6.45, 7) is 0.965. The molecule has 7 heteroatoms. The van der Waals surface area contributed by atoms with E-state index in [0.717, 1.165) is 0 Å². The second kappa shape index (κ2) is 5.09. The monoisotopic (exact) mass is 291 g/mol. The molecule has 0 atom stereocenters. The van der Waals surface area contributed by atoms with Crippen LogP contribution in [0.15, 0.2) is 34.7 Å². The summed E-state index contributed by atoms with van der Waals surface area (Å²) in [6.07, 6.45) is 3.26. The molecule has 1 fully saturated rings. The average Bonchev–Trinajstić information content (AvgIpc) is 2.89. The highest BCUT2D eigenvalue weighted by atomic mass is 32.1. The lowest BCUT2D eigenvalue weighted by Gasteiger charge is -2.38. The Kier molecular flexibility index (Phi) is 3.27. The quantitative estimate of drug-likeness (QED) is 0.837. The number of carbonyl (C=O) groups is 1. The topological polar surface area (TPSA) is 64.4 Å². The molecular weight excluding hydrogens is 278 g/mol. The first-order valence-electron chi connectivity index (χ1n) is 6.16. The van der Waals surface area contributed by atoms with E-state index in [9.17, 15) is 9.59 Å². The molecule has 20 heavy (non-hydrogen) atoms. The fourth-order valence-corrected chi connectivity index (χ4v) is 2.57. The minimum Gasteiger partial charge on any atom is -0.463 e. The van der Waals surface area contributed by atoms with Crippen LogP contribution in [0.3, 0.4) is 0 Å². The summed E-state index contributed by atoms with van der Waals surface area (Å²) in [7, 11) is 1.63. The van der Waals surface area contributed by atoms with Crippen molar-refractivity contribution in [1.82, 2.24) is 14.5 Å². The Bertz CT molecular complexity index is 674. The highest BCUT2D eigenvalue weighted by Gasteiger charge is 2.34. The molecule has 0 aromatic carbocycles. The Morgan fingerprint density at radius 3 is 3.00 bits per heavy atom. The third-order valence-corrected chi connectivity index (χ3v) is 3.83. The number of nitrogens with zero attached hydrogens (tertiary/aromatic N) is 3. The van der Waals surface area contributed by atoms with Gasteiger partial charge in [-0.15, -0.1) is 0 Å². The van der Waals surface area contributed by atoms with Crippen LogP contribution < -0.4 is 10.3 Å². The van der Waals surface area contributed by atoms with E-state index in [4.69, 9.17) is 4.74 Å². The van der Waals surface area contributed by atoms with Crippen molar-refractivity contribution >= 4 is 17.2 Å². The average molecular weight is 291 g/mol. The zero-order valence-corrected chi connectivity index (χ0v) is 11.7. The van der Waals surface area contributed by atoms with Gasteiger partial charge in [0.1, 0.15) is 11.7 Å². The molecule has 2 aromatic rings. The van der Waals surface area contributed by atoms with Gasteiger partial charge in [-0.2, -0.15) is 0 Å². The SMILES string of the molecule is Cn1cccc(C(=O)N2CC(Oc3nccs3)C2)c1=O. The summed E-state index contributed by atoms with van der Waals surface area (Å²) in [6, 6.07) is 3.25. The lowest BCUT2D eigenvalue weighted by Crippen LogP contribution is -2.57. The van der Waals surface area contributed by atoms with E-state index in [-0.39, 0.29) is 23.1 Å². The fourth-order valence-electron chi connectivity index (χ4n) is 2.02. The normalized spacial score (nSPS) is 14.9. The van der Waals surface area contributed by atoms with Crippen molar-refractivity contribution in [2.45, 2.75) is 6.10 Å². The predicted molar refractivity (Wildman–Crippen MR) is 74.1 cm³/mol. The lowest BCUT2D eigenvalue weighted by molar-refractivity contribution is 0.0175. The van der Waals surface area contributed by atoms with Crippen LogP contribution >= 0.6 is 11.3 Å². The molecule has 0 saturated carbocycles. The van der Waals surface area contributed by atoms with Gasteiger partial charge in [0, 0.05) is 24.8 Å². The van der Waals surface area contributed by atoms with E-state index < -0.39 is 0 Å². The van der Waals surface area contributed by atoms with Crippen molar-refractivity contribution in [3.63, 3.8) is 0 Å². The first kappa shape index (κ1) is 12.9. The zero-order valence-electron chi connectivity index (χ0n) is 10.9. The third kappa shape index (κ3) is 2.32. The van der Waals surface area contributed by atoms with Crippen LogP contribution in [0.2, 0.25) is 0 Å². The highest BCUT2D eigenvalue weighted by molar-refractivity contribution is 7.11. The summed E-state index contributed by atoms with van der Waals surface area (Å²) in [5, 5.41) is 2.45. The lowest BCUT2D eigenvalue weighted by atomic mass is 10.1. The van der Waals surface area contributed by atoms with E-state index in [0.29, 0.717) is 18.3 Å². The number of pyridine rings is 1. The van der Waals surface area contributed by atoms with E-state index in [1.807, 2.05) is 5.38 Å². The van der Waals surface area contributed by atoms with Gasteiger partial charge >= 0.3 is 0 Å². The van der Waals surface area contributed by atoms with Gasteiger partial charge in [-0.25, -0.2) is 4.98 Å². The number of aryl methyl sites for hydroxylation is 1. The summed E-state index contributed by atoms with van der Waals surface area (Å²) >= 11 is 1.42. The maximum absolute atomic E-state index is 12.2. The van der Waals surface area contributed by atoms with Crippen LogP contribution in [0, 0.1) is 0 Å². The second-order valence-corrected chi connectivity index (χ2v) is 5.44. The minimum absolute atomic E-state index is 0.0438. The van der Waals surface area contributed by atoms with Crippen LogP contribution in [0.25, 0.3) is 0 Å². The molecule has 0 aliphatic carbocycles. The molecule has 0 radical (unpaired) electrons. The smallest absolute Gasteiger partial charge is 0.273 e. The fraction of sp³-hybridized carbons (Fsp3) is 0.308. The number of aromatic nitrogens is 2. The molecular formula is C13H13N3O3S. The standard InChI is InChI=1S/C13H13N3O3S/c1-15-5-2-3-10(11(15)17)12(18)16-7-9(8-16)19-13-14-4-6-20-13/h2-6,9H,7-8H2,1H3. The molecule has 1 aliphatic heterocycles. The largest absolute Gasteiger partial charge is 0.463 e. The molecule has 0 spiro atoms. The van der Waals surface area contributed by atoms with Crippen molar-refractivity contribution in [3.8, 4) is 5.19 Å². The van der Waals surface area contributed by atoms with Gasteiger partial charge in [0.15, 0.2) is 0 Å². The number of rotatable bonds is 3. The van der Waals surface area contributed by atoms with Crippen molar-refractivity contribution < 1.29 is 9.53 Å². The molecule has 0 bridgehead atoms. The van der Waals surface area contributed by atoms with Gasteiger partial charge in [-0.1, -0.05) is 11.3 Å². The summed E-state index contributed by atoms with van der Waals surface area (Å²) in [5.74, 6) is -0.245. The molecule has 6 nitrogen and oxygen atoms in total. The van der Waals surface area contributed by atoms with E-state index in [2.05, 4.69) is 4.98 Å². The Balaban J connectivity index is 1.63. The first-order valence-corrected chi connectivity index (χ1v) is 7.04. The number of thiazole rings is 1. The van der Waals surface area contributed by atoms with E-state index in [1.54, 1.807) is 36.5 Å². The first-order chi connectivity index (χ1) is 9.65. The van der Waals surface area contributed by atoms with Gasteiger partial charge in [-0.3, -0.25) is 9.59 Å². The Morgan fingerprint density at radius 2 is 2.30 bits per heavy atom. The second-order valence-electron chi connectivity index (χ2n) is 4.59. The molecule has 0 N–H and O–H groups in total. The Labute approximate surface area is 119 Å². The number of likely N-dealkylation sites (tertiary alicyclic amines) is 1. The molecule has 0 unspecified atom stereocenters. The maximum Gasteiger partial charge on any atom is 0.273 e. The van der Waals surface area contributed by atoms with Gasteiger partial charge in [0.05, 0.1) is 13.1 Å². The van der Waals surface area contributed by atoms with E-state index >= 15 is 0 Å². The molecule has 104 valence electrons. The van der Waals surface area contributed by atoms with Gasteiger partial charge < -0.3 is 14.2 Å². The molecule has 1 saturated heterocycles. The predicted octanol–water partition coefficient (Wildman–Crippen LogP) is 0.745. The van der Waals surface area contributed by atoms with Gasteiger partial charge in [0.2, 0.25) is 0 Å². The molecule has 2 aromatic heterocycles.